The molecule has 2 atom stereocenters. The van der Waals surface area contributed by atoms with E-state index < -0.39 is 0 Å². The van der Waals surface area contributed by atoms with Gasteiger partial charge in [-0.25, -0.2) is 9.97 Å². The first kappa shape index (κ1) is 32.4. The number of aromatic nitrogens is 3. The molecule has 2 aromatic carbocycles. The van der Waals surface area contributed by atoms with Crippen molar-refractivity contribution in [1.82, 2.24) is 35.6 Å². The number of hydrogen-bond acceptors (Lipinski definition) is 8. The van der Waals surface area contributed by atoms with Crippen molar-refractivity contribution in [3.05, 3.63) is 97.3 Å². The number of hydrogen-bond donors (Lipinski definition) is 4. The Kier molecular flexibility index (Phi) is 9.56. The molecule has 5 heterocycles. The van der Waals surface area contributed by atoms with E-state index in [-0.39, 0.29) is 29.5 Å². The minimum atomic E-state index is -0.152. The number of halogens is 2. The van der Waals surface area contributed by atoms with E-state index >= 15 is 0 Å². The van der Waals surface area contributed by atoms with Crippen LogP contribution in [-0.2, 0) is 22.7 Å². The summed E-state index contributed by atoms with van der Waals surface area (Å²) in [5.74, 6) is 0.173. The van der Waals surface area contributed by atoms with Crippen LogP contribution in [0.3, 0.4) is 0 Å². The van der Waals surface area contributed by atoms with E-state index in [1.807, 2.05) is 53.9 Å². The van der Waals surface area contributed by atoms with E-state index in [4.69, 9.17) is 28.2 Å². The number of amides is 2. The van der Waals surface area contributed by atoms with Crippen molar-refractivity contribution < 1.29 is 9.59 Å². The van der Waals surface area contributed by atoms with Crippen LogP contribution in [0.25, 0.3) is 39.2 Å². The molecule has 13 heteroatoms. The summed E-state index contributed by atoms with van der Waals surface area (Å²) in [6.45, 7) is 2.27. The molecule has 3 aromatic heterocycles. The fraction of sp³-hybridized carbons (Fsp3) is 0.286. The first-order valence-corrected chi connectivity index (χ1v) is 17.5. The van der Waals surface area contributed by atoms with E-state index in [2.05, 4.69) is 26.3 Å². The van der Waals surface area contributed by atoms with Gasteiger partial charge in [0, 0.05) is 96.7 Å². The third-order valence-electron chi connectivity index (χ3n) is 8.75. The van der Waals surface area contributed by atoms with Crippen molar-refractivity contribution in [2.24, 2.45) is 0 Å². The van der Waals surface area contributed by atoms with E-state index in [1.165, 1.54) is 4.40 Å². The van der Waals surface area contributed by atoms with Crippen LogP contribution in [0.5, 0.6) is 0 Å². The van der Waals surface area contributed by atoms with Gasteiger partial charge in [-0.05, 0) is 30.5 Å². The molecule has 0 spiro atoms. The van der Waals surface area contributed by atoms with Crippen LogP contribution in [0.1, 0.15) is 36.3 Å². The Morgan fingerprint density at radius 1 is 0.833 bits per heavy atom. The molecule has 7 rings (SSSR count). The van der Waals surface area contributed by atoms with Crippen LogP contribution in [0.15, 0.2) is 71.1 Å². The maximum Gasteiger partial charge on any atom is 0.262 e. The number of benzene rings is 2. The van der Waals surface area contributed by atoms with Gasteiger partial charge in [-0.2, -0.15) is 0 Å². The van der Waals surface area contributed by atoms with E-state index in [9.17, 15) is 14.4 Å². The maximum absolute atomic E-state index is 13.2. The number of carbonyl (C=O) groups is 2. The lowest BCUT2D eigenvalue weighted by molar-refractivity contribution is -0.120. The van der Waals surface area contributed by atoms with Crippen LogP contribution in [0.2, 0.25) is 10.0 Å². The van der Waals surface area contributed by atoms with Crippen LogP contribution in [0, 0.1) is 0 Å². The smallest absolute Gasteiger partial charge is 0.262 e. The molecule has 2 aliphatic heterocycles. The number of nitrogens with zero attached hydrogens (tertiary/aromatic N) is 3. The summed E-state index contributed by atoms with van der Waals surface area (Å²) in [5.41, 5.74) is 5.67. The Morgan fingerprint density at radius 2 is 1.46 bits per heavy atom. The summed E-state index contributed by atoms with van der Waals surface area (Å²) in [6, 6.07) is 15.6. The van der Waals surface area contributed by atoms with Crippen molar-refractivity contribution in [3.8, 4) is 33.5 Å². The van der Waals surface area contributed by atoms with Crippen LogP contribution < -0.4 is 26.8 Å². The van der Waals surface area contributed by atoms with Gasteiger partial charge < -0.3 is 21.3 Å². The lowest BCUT2D eigenvalue weighted by Gasteiger charge is -2.14. The highest BCUT2D eigenvalue weighted by Crippen LogP contribution is 2.42. The van der Waals surface area contributed by atoms with Gasteiger partial charge in [0.05, 0.1) is 15.7 Å². The van der Waals surface area contributed by atoms with E-state index in [0.29, 0.717) is 60.3 Å². The van der Waals surface area contributed by atoms with Gasteiger partial charge in [0.1, 0.15) is 10.7 Å². The Bertz CT molecular complexity index is 2080. The van der Waals surface area contributed by atoms with Gasteiger partial charge >= 0.3 is 0 Å². The van der Waals surface area contributed by atoms with Gasteiger partial charge in [-0.15, -0.1) is 11.3 Å². The molecule has 48 heavy (non-hydrogen) atoms. The van der Waals surface area contributed by atoms with Crippen molar-refractivity contribution in [3.63, 3.8) is 0 Å². The maximum atomic E-state index is 13.2. The van der Waals surface area contributed by atoms with Gasteiger partial charge in [0.15, 0.2) is 0 Å². The van der Waals surface area contributed by atoms with Crippen molar-refractivity contribution >= 4 is 52.0 Å². The second kappa shape index (κ2) is 14.2. The second-order valence-electron chi connectivity index (χ2n) is 12.1. The fourth-order valence-corrected chi connectivity index (χ4v) is 7.64. The molecule has 0 aliphatic carbocycles. The van der Waals surface area contributed by atoms with Crippen molar-refractivity contribution in [2.75, 3.05) is 13.1 Å². The molecular weight excluding hydrogens is 669 g/mol. The highest BCUT2D eigenvalue weighted by Gasteiger charge is 2.22. The second-order valence-corrected chi connectivity index (χ2v) is 13.8. The summed E-state index contributed by atoms with van der Waals surface area (Å²) in [6.07, 6.45) is 6.08. The normalized spacial score (nSPS) is 17.6. The Labute approximate surface area is 290 Å². The molecular formula is C35H33Cl2N7O3S. The molecule has 10 nitrogen and oxygen atoms in total. The van der Waals surface area contributed by atoms with Gasteiger partial charge in [-0.3, -0.25) is 18.8 Å². The van der Waals surface area contributed by atoms with Gasteiger partial charge in [-0.1, -0.05) is 59.6 Å². The summed E-state index contributed by atoms with van der Waals surface area (Å²) in [4.78, 5) is 45.5. The predicted octanol–water partition coefficient (Wildman–Crippen LogP) is 5.20. The zero-order valence-corrected chi connectivity index (χ0v) is 28.2. The number of carbonyl (C=O) groups excluding carboxylic acids is 2. The predicted molar refractivity (Wildman–Crippen MR) is 189 cm³/mol. The lowest BCUT2D eigenvalue weighted by Crippen LogP contribution is -2.36. The highest BCUT2D eigenvalue weighted by molar-refractivity contribution is 7.09. The van der Waals surface area contributed by atoms with Crippen LogP contribution in [0.4, 0.5) is 0 Å². The third-order valence-corrected chi connectivity index (χ3v) is 10.4. The molecule has 5 aromatic rings. The first-order valence-electron chi connectivity index (χ1n) is 15.9. The monoisotopic (exact) mass is 701 g/mol. The van der Waals surface area contributed by atoms with Crippen molar-refractivity contribution in [2.45, 2.75) is 50.9 Å². The van der Waals surface area contributed by atoms with Gasteiger partial charge in [0.25, 0.3) is 5.56 Å². The van der Waals surface area contributed by atoms with E-state index in [1.54, 1.807) is 23.7 Å². The highest BCUT2D eigenvalue weighted by atomic mass is 35.5. The standard InChI is InChI=1S/C35H33Cl2N7O3S/c36-33-24(20-11-12-44-29(13-20)40-15-21(35(44)47)14-38-16-22-7-9-30(45)41-22)3-1-4-25(33)26-5-2-6-27(34(26)37)28-19-48-32(43-28)18-39-17-23-8-10-31(46)42-23/h1-6,11-13,15,19,22-23,38-39H,7-10,14,16-18H2,(H,41,45)(H,42,46)/t22-,23+/m1/s1. The summed E-state index contributed by atoms with van der Waals surface area (Å²) in [7, 11) is 0. The van der Waals surface area contributed by atoms with Crippen LogP contribution in [-0.4, -0.2) is 51.4 Å². The number of fused-ring (bicyclic) bond motifs is 1. The number of rotatable bonds is 11. The average Bonchev–Trinajstić information content (AvgIpc) is 3.84. The average molecular weight is 703 g/mol. The Morgan fingerprint density at radius 3 is 2.12 bits per heavy atom. The minimum absolute atomic E-state index is 0.0650. The third kappa shape index (κ3) is 6.87. The minimum Gasteiger partial charge on any atom is -0.352 e. The van der Waals surface area contributed by atoms with Crippen molar-refractivity contribution in [1.29, 1.82) is 0 Å². The molecule has 2 saturated heterocycles. The quantitative estimate of drug-likeness (QED) is 0.149. The van der Waals surface area contributed by atoms with E-state index in [0.717, 1.165) is 51.4 Å². The zero-order chi connectivity index (χ0) is 33.2. The number of thiazole rings is 1. The zero-order valence-electron chi connectivity index (χ0n) is 25.9. The largest absolute Gasteiger partial charge is 0.352 e. The first-order chi connectivity index (χ1) is 23.3. The summed E-state index contributed by atoms with van der Waals surface area (Å²) >= 11 is 15.7. The molecule has 0 radical (unpaired) electrons. The van der Waals surface area contributed by atoms with Crippen LogP contribution >= 0.6 is 34.5 Å². The molecule has 0 bridgehead atoms. The topological polar surface area (TPSA) is 130 Å². The molecule has 0 unspecified atom stereocenters. The summed E-state index contributed by atoms with van der Waals surface area (Å²) in [5, 5.41) is 16.6. The molecule has 4 N–H and O–H groups in total. The fourth-order valence-electron chi connectivity index (χ4n) is 6.21. The Balaban J connectivity index is 1.08. The SMILES string of the molecule is O=C1CC[C@H](CNCc2cnc3cc(-c4cccc(-c5cccc(-c6csc(CNC[C@@H]7CCC(=O)N7)n6)c5Cl)c4Cl)ccn3c2=O)N1. The molecule has 2 aliphatic rings. The molecule has 0 saturated carbocycles. The summed E-state index contributed by atoms with van der Waals surface area (Å²) < 4.78 is 1.53. The molecule has 2 amide bonds. The van der Waals surface area contributed by atoms with Gasteiger partial charge in [0.2, 0.25) is 11.8 Å². The lowest BCUT2D eigenvalue weighted by atomic mass is 9.97. The molecule has 2 fully saturated rings. The Hall–Kier alpha value is -4.13. The number of nitrogens with one attached hydrogen (secondary N) is 4. The number of pyridine rings is 1. The molecule has 246 valence electrons.